The van der Waals surface area contributed by atoms with Crippen molar-refractivity contribution in [2.45, 2.75) is 13.3 Å². The minimum Gasteiger partial charge on any atom is -0.508 e. The minimum absolute atomic E-state index is 0.224. The van der Waals surface area contributed by atoms with Crippen molar-refractivity contribution in [3.05, 3.63) is 72.4 Å². The van der Waals surface area contributed by atoms with Gasteiger partial charge in [0.05, 0.1) is 11.9 Å². The number of pyridine rings is 1. The van der Waals surface area contributed by atoms with Crippen molar-refractivity contribution in [3.8, 4) is 17.0 Å². The molecule has 0 fully saturated rings. The van der Waals surface area contributed by atoms with E-state index >= 15 is 0 Å². The third-order valence-corrected chi connectivity index (χ3v) is 4.18. The summed E-state index contributed by atoms with van der Waals surface area (Å²) in [5.41, 5.74) is 5.18. The highest BCUT2D eigenvalue weighted by Crippen LogP contribution is 2.23. The predicted molar refractivity (Wildman–Crippen MR) is 104 cm³/mol. The number of aryl methyl sites for hydroxylation is 1. The SMILES string of the molecule is CCc1cccc(Nc2ccc3ncc(-c4ccc(O)cc4)nc3n2)c1. The Balaban J connectivity index is 1.68. The number of phenolic OH excluding ortho intramolecular Hbond substituents is 1. The molecule has 4 aromatic rings. The monoisotopic (exact) mass is 342 g/mol. The molecule has 0 amide bonds. The molecule has 0 saturated carbocycles. The second kappa shape index (κ2) is 6.80. The Bertz CT molecular complexity index is 1060. The van der Waals surface area contributed by atoms with Gasteiger partial charge in [0.2, 0.25) is 0 Å². The van der Waals surface area contributed by atoms with Gasteiger partial charge in [-0.25, -0.2) is 9.97 Å². The maximum Gasteiger partial charge on any atom is 0.180 e. The average molecular weight is 342 g/mol. The summed E-state index contributed by atoms with van der Waals surface area (Å²) in [6.45, 7) is 2.13. The number of nitrogens with zero attached hydrogens (tertiary/aromatic N) is 3. The molecule has 2 heterocycles. The summed E-state index contributed by atoms with van der Waals surface area (Å²) < 4.78 is 0. The normalized spacial score (nSPS) is 10.8. The van der Waals surface area contributed by atoms with E-state index in [1.165, 1.54) is 5.56 Å². The average Bonchev–Trinajstić information content (AvgIpc) is 2.68. The standard InChI is InChI=1S/C21H18N4O/c1-2-14-4-3-5-16(12-14)23-20-11-10-18-21(25-20)24-19(13-22-18)15-6-8-17(26)9-7-15/h3-13,26H,2H2,1H3,(H,23,24,25). The second-order valence-electron chi connectivity index (χ2n) is 6.02. The highest BCUT2D eigenvalue weighted by Gasteiger charge is 2.06. The van der Waals surface area contributed by atoms with Gasteiger partial charge in [-0.1, -0.05) is 19.1 Å². The molecule has 2 N–H and O–H groups in total. The van der Waals surface area contributed by atoms with Crippen molar-refractivity contribution in [1.82, 2.24) is 15.0 Å². The number of aromatic nitrogens is 3. The number of nitrogens with one attached hydrogen (secondary N) is 1. The highest BCUT2D eigenvalue weighted by molar-refractivity contribution is 5.76. The molecule has 2 aromatic heterocycles. The number of benzene rings is 2. The van der Waals surface area contributed by atoms with Crippen molar-refractivity contribution < 1.29 is 5.11 Å². The molecule has 2 aromatic carbocycles. The summed E-state index contributed by atoms with van der Waals surface area (Å²) >= 11 is 0. The van der Waals surface area contributed by atoms with Crippen molar-refractivity contribution in [2.24, 2.45) is 0 Å². The van der Waals surface area contributed by atoms with Gasteiger partial charge in [-0.2, -0.15) is 0 Å². The molecule has 0 radical (unpaired) electrons. The Labute approximate surface area is 151 Å². The fraction of sp³-hybridized carbons (Fsp3) is 0.0952. The van der Waals surface area contributed by atoms with Crippen LogP contribution < -0.4 is 5.32 Å². The fourth-order valence-corrected chi connectivity index (χ4v) is 2.76. The van der Waals surface area contributed by atoms with Crippen LogP contribution >= 0.6 is 0 Å². The van der Waals surface area contributed by atoms with Crippen molar-refractivity contribution in [2.75, 3.05) is 5.32 Å². The molecule has 0 bridgehead atoms. The van der Waals surface area contributed by atoms with Crippen LogP contribution in [0.4, 0.5) is 11.5 Å². The Kier molecular flexibility index (Phi) is 4.19. The number of hydrogen-bond acceptors (Lipinski definition) is 5. The fourth-order valence-electron chi connectivity index (χ4n) is 2.76. The minimum atomic E-state index is 0.224. The predicted octanol–water partition coefficient (Wildman–Crippen LogP) is 4.70. The molecule has 0 aliphatic heterocycles. The van der Waals surface area contributed by atoms with E-state index in [1.54, 1.807) is 18.3 Å². The smallest absolute Gasteiger partial charge is 0.180 e. The van der Waals surface area contributed by atoms with Crippen LogP contribution in [-0.4, -0.2) is 20.1 Å². The first-order valence-electron chi connectivity index (χ1n) is 8.50. The van der Waals surface area contributed by atoms with Crippen LogP contribution in [0.3, 0.4) is 0 Å². The first-order chi connectivity index (χ1) is 12.7. The maximum absolute atomic E-state index is 9.43. The summed E-state index contributed by atoms with van der Waals surface area (Å²) in [7, 11) is 0. The van der Waals surface area contributed by atoms with E-state index in [2.05, 4.69) is 39.3 Å². The lowest BCUT2D eigenvalue weighted by atomic mass is 10.1. The van der Waals surface area contributed by atoms with Gasteiger partial charge >= 0.3 is 0 Å². The molecule has 4 rings (SSSR count). The number of aromatic hydroxyl groups is 1. The molecular formula is C21H18N4O. The number of fused-ring (bicyclic) bond motifs is 1. The first-order valence-corrected chi connectivity index (χ1v) is 8.50. The van der Waals surface area contributed by atoms with Crippen LogP contribution in [-0.2, 0) is 6.42 Å². The number of rotatable bonds is 4. The summed E-state index contributed by atoms with van der Waals surface area (Å²) in [5.74, 6) is 0.948. The molecule has 128 valence electrons. The lowest BCUT2D eigenvalue weighted by Crippen LogP contribution is -1.97. The Morgan fingerprint density at radius 1 is 0.962 bits per heavy atom. The summed E-state index contributed by atoms with van der Waals surface area (Å²) in [4.78, 5) is 13.7. The van der Waals surface area contributed by atoms with Crippen molar-refractivity contribution in [3.63, 3.8) is 0 Å². The first kappa shape index (κ1) is 16.0. The van der Waals surface area contributed by atoms with Crippen LogP contribution in [0.15, 0.2) is 66.9 Å². The highest BCUT2D eigenvalue weighted by atomic mass is 16.3. The molecule has 5 nitrogen and oxygen atoms in total. The molecule has 0 unspecified atom stereocenters. The molecule has 0 spiro atoms. The van der Waals surface area contributed by atoms with E-state index in [-0.39, 0.29) is 5.75 Å². The zero-order valence-electron chi connectivity index (χ0n) is 14.3. The maximum atomic E-state index is 9.43. The molecular weight excluding hydrogens is 324 g/mol. The summed E-state index contributed by atoms with van der Waals surface area (Å²) in [6.07, 6.45) is 2.70. The van der Waals surface area contributed by atoms with Gasteiger partial charge in [-0.15, -0.1) is 0 Å². The topological polar surface area (TPSA) is 70.9 Å². The van der Waals surface area contributed by atoms with Gasteiger partial charge < -0.3 is 10.4 Å². The van der Waals surface area contributed by atoms with Crippen molar-refractivity contribution >= 4 is 22.7 Å². The Morgan fingerprint density at radius 3 is 2.62 bits per heavy atom. The third-order valence-electron chi connectivity index (χ3n) is 4.18. The van der Waals surface area contributed by atoms with E-state index in [0.29, 0.717) is 5.65 Å². The van der Waals surface area contributed by atoms with E-state index in [1.807, 2.05) is 36.4 Å². The zero-order valence-corrected chi connectivity index (χ0v) is 14.3. The van der Waals surface area contributed by atoms with E-state index in [4.69, 9.17) is 0 Å². The molecule has 0 saturated heterocycles. The second-order valence-corrected chi connectivity index (χ2v) is 6.02. The van der Waals surface area contributed by atoms with E-state index in [0.717, 1.165) is 34.7 Å². The van der Waals surface area contributed by atoms with Crippen LogP contribution in [0.2, 0.25) is 0 Å². The summed E-state index contributed by atoms with van der Waals surface area (Å²) in [5, 5.41) is 12.8. The lowest BCUT2D eigenvalue weighted by molar-refractivity contribution is 0.475. The number of anilines is 2. The Hall–Kier alpha value is -3.47. The lowest BCUT2D eigenvalue weighted by Gasteiger charge is -2.08. The van der Waals surface area contributed by atoms with Gasteiger partial charge in [0, 0.05) is 11.3 Å². The molecule has 26 heavy (non-hydrogen) atoms. The van der Waals surface area contributed by atoms with Gasteiger partial charge in [-0.3, -0.25) is 4.98 Å². The number of hydrogen-bond donors (Lipinski definition) is 2. The van der Waals surface area contributed by atoms with Crippen molar-refractivity contribution in [1.29, 1.82) is 0 Å². The molecule has 5 heteroatoms. The van der Waals surface area contributed by atoms with Gasteiger partial charge in [0.25, 0.3) is 0 Å². The van der Waals surface area contributed by atoms with Crippen LogP contribution in [0.25, 0.3) is 22.4 Å². The zero-order chi connectivity index (χ0) is 17.9. The molecule has 0 aliphatic carbocycles. The van der Waals surface area contributed by atoms with E-state index in [9.17, 15) is 5.11 Å². The largest absolute Gasteiger partial charge is 0.508 e. The number of phenols is 1. The van der Waals surface area contributed by atoms with Gasteiger partial charge in [0.15, 0.2) is 5.65 Å². The van der Waals surface area contributed by atoms with Gasteiger partial charge in [0.1, 0.15) is 17.1 Å². The van der Waals surface area contributed by atoms with Crippen LogP contribution in [0, 0.1) is 0 Å². The third kappa shape index (κ3) is 3.32. The Morgan fingerprint density at radius 2 is 1.81 bits per heavy atom. The van der Waals surface area contributed by atoms with Crippen LogP contribution in [0.1, 0.15) is 12.5 Å². The van der Waals surface area contributed by atoms with Crippen LogP contribution in [0.5, 0.6) is 5.75 Å². The summed E-state index contributed by atoms with van der Waals surface area (Å²) in [6, 6.07) is 19.0. The molecule has 0 atom stereocenters. The van der Waals surface area contributed by atoms with E-state index < -0.39 is 0 Å². The molecule has 0 aliphatic rings. The van der Waals surface area contributed by atoms with Gasteiger partial charge in [-0.05, 0) is 60.5 Å². The quantitative estimate of drug-likeness (QED) is 0.562.